The van der Waals surface area contributed by atoms with E-state index < -0.39 is 40.0 Å². The van der Waals surface area contributed by atoms with Crippen LogP contribution in [0.3, 0.4) is 0 Å². The van der Waals surface area contributed by atoms with Crippen LogP contribution in [0.25, 0.3) is 11.1 Å². The SMILES string of the molecule is CP(C)(=S)CP(CP(C)(C)=S)c1ccccc1-c1ccccc1P(CP(C)(C)=S)CP(C)(C)=S. The van der Waals surface area contributed by atoms with E-state index in [2.05, 4.69) is 102 Å². The first-order chi connectivity index (χ1) is 15.3. The largest absolute Gasteiger partial charge is 0.0977 e. The van der Waals surface area contributed by atoms with Gasteiger partial charge in [0.25, 0.3) is 0 Å². The Hall–Kier alpha value is 1.90. The van der Waals surface area contributed by atoms with Gasteiger partial charge in [-0.15, -0.1) is 0 Å². The highest BCUT2D eigenvalue weighted by Gasteiger charge is 2.26. The topological polar surface area (TPSA) is 0 Å². The van der Waals surface area contributed by atoms with E-state index in [1.54, 1.807) is 0 Å². The smallest absolute Gasteiger partial charge is 0.000945 e. The van der Waals surface area contributed by atoms with Crippen molar-refractivity contribution in [2.45, 2.75) is 0 Å². The summed E-state index contributed by atoms with van der Waals surface area (Å²) in [6, 6.07) is 12.8. The summed E-state index contributed by atoms with van der Waals surface area (Å²) in [6.07, 6.45) is 0. The lowest BCUT2D eigenvalue weighted by atomic mass is 10.1. The third-order valence-corrected chi connectivity index (χ3v) is 27.5. The molecule has 2 rings (SSSR count). The van der Waals surface area contributed by atoms with Crippen molar-refractivity contribution in [1.82, 2.24) is 0 Å². The zero-order valence-corrected chi connectivity index (χ0v) is 30.4. The second kappa shape index (κ2) is 12.8. The van der Waals surface area contributed by atoms with Crippen molar-refractivity contribution in [3.05, 3.63) is 48.5 Å². The Bertz CT molecular complexity index is 1040. The Morgan fingerprint density at radius 1 is 0.471 bits per heavy atom. The average molecular weight is 643 g/mol. The van der Waals surface area contributed by atoms with Crippen LogP contribution in [0.4, 0.5) is 0 Å². The first-order valence-electron chi connectivity index (χ1n) is 11.2. The van der Waals surface area contributed by atoms with Gasteiger partial charge in [-0.25, -0.2) is 0 Å². The number of hydrogen-bond acceptors (Lipinski definition) is 4. The maximum atomic E-state index is 5.99. The van der Waals surface area contributed by atoms with Crippen molar-refractivity contribution < 1.29 is 0 Å². The quantitative estimate of drug-likeness (QED) is 0.226. The molecule has 0 radical (unpaired) electrons. The van der Waals surface area contributed by atoms with Gasteiger partial charge in [0.1, 0.15) is 0 Å². The summed E-state index contributed by atoms with van der Waals surface area (Å²) in [5, 5.41) is 2.99. The molecule has 190 valence electrons. The van der Waals surface area contributed by atoms with Gasteiger partial charge in [-0.2, -0.15) is 0 Å². The molecule has 0 amide bonds. The molecule has 2 aromatic carbocycles. The second-order valence-corrected chi connectivity index (χ2v) is 43.1. The predicted molar refractivity (Wildman–Crippen MR) is 189 cm³/mol. The molecule has 0 aliphatic heterocycles. The molecule has 0 aliphatic carbocycles. The summed E-state index contributed by atoms with van der Waals surface area (Å²) in [4.78, 5) is 0. The Morgan fingerprint density at radius 3 is 0.941 bits per heavy atom. The van der Waals surface area contributed by atoms with Crippen molar-refractivity contribution in [3.63, 3.8) is 0 Å². The summed E-state index contributed by atoms with van der Waals surface area (Å²) >= 11 is 24.0. The third kappa shape index (κ3) is 11.7. The van der Waals surface area contributed by atoms with Crippen LogP contribution in [0.1, 0.15) is 0 Å². The van der Waals surface area contributed by atoms with Crippen LogP contribution < -0.4 is 10.6 Å². The number of rotatable bonds is 11. The van der Waals surface area contributed by atoms with Crippen molar-refractivity contribution in [1.29, 1.82) is 0 Å². The van der Waals surface area contributed by atoms with Crippen LogP contribution >= 0.6 is 40.0 Å². The number of hydrogen-bond donors (Lipinski definition) is 0. The van der Waals surface area contributed by atoms with Gasteiger partial charge in [-0.05, 0) is 99.2 Å². The monoisotopic (exact) mass is 642 g/mol. The fourth-order valence-corrected chi connectivity index (χ4v) is 28.6. The first kappa shape index (κ1) is 32.1. The molecule has 0 fully saturated rings. The van der Waals surface area contributed by atoms with E-state index in [0.717, 1.165) is 23.6 Å². The van der Waals surface area contributed by atoms with Gasteiger partial charge in [0, 0.05) is 23.6 Å². The Balaban J connectivity index is 2.72. The normalized spacial score (nSPS) is 13.6. The molecule has 0 aromatic heterocycles. The molecular formula is C24H40P6S4. The molecule has 0 nitrogen and oxygen atoms in total. The second-order valence-electron chi connectivity index (χ2n) is 11.0. The zero-order valence-electron chi connectivity index (χ0n) is 21.8. The van der Waals surface area contributed by atoms with Gasteiger partial charge in [0.15, 0.2) is 0 Å². The minimum Gasteiger partial charge on any atom is -0.0977 e. The van der Waals surface area contributed by atoms with Crippen molar-refractivity contribution >= 4 is 97.8 Å². The van der Waals surface area contributed by atoms with E-state index in [-0.39, 0.29) is 0 Å². The van der Waals surface area contributed by atoms with Crippen LogP contribution in [0.15, 0.2) is 48.5 Å². The van der Waals surface area contributed by atoms with Crippen LogP contribution in [0, 0.1) is 0 Å². The molecule has 10 heteroatoms. The molecule has 0 unspecified atom stereocenters. The fraction of sp³-hybridized carbons (Fsp3) is 0.500. The highest BCUT2D eigenvalue weighted by molar-refractivity contribution is 8.20. The minimum absolute atomic E-state index is 0.391. The van der Waals surface area contributed by atoms with Crippen LogP contribution in [0.2, 0.25) is 0 Å². The summed E-state index contributed by atoms with van der Waals surface area (Å²) in [5.74, 6) is 4.56. The van der Waals surface area contributed by atoms with E-state index >= 15 is 0 Å². The summed E-state index contributed by atoms with van der Waals surface area (Å²) in [5.41, 5.74) is 2.79. The highest BCUT2D eigenvalue weighted by Crippen LogP contribution is 2.61. The lowest BCUT2D eigenvalue weighted by Gasteiger charge is -2.30. The van der Waals surface area contributed by atoms with E-state index in [4.69, 9.17) is 47.2 Å². The molecule has 0 saturated heterocycles. The van der Waals surface area contributed by atoms with Gasteiger partial charge in [-0.3, -0.25) is 0 Å². The van der Waals surface area contributed by atoms with Crippen LogP contribution in [-0.2, 0) is 47.2 Å². The minimum atomic E-state index is -1.35. The number of benzene rings is 2. The Morgan fingerprint density at radius 2 is 0.706 bits per heavy atom. The summed E-state index contributed by atoms with van der Waals surface area (Å²) in [7, 11) is -0.783. The van der Waals surface area contributed by atoms with Gasteiger partial charge < -0.3 is 0 Å². The maximum absolute atomic E-state index is 5.99. The Labute approximate surface area is 232 Å². The predicted octanol–water partition coefficient (Wildman–Crippen LogP) is 8.35. The molecule has 0 heterocycles. The zero-order chi connectivity index (χ0) is 25.9. The molecule has 0 saturated carbocycles. The molecule has 0 aliphatic rings. The van der Waals surface area contributed by atoms with Crippen molar-refractivity contribution in [3.8, 4) is 11.1 Å². The molecule has 0 N–H and O–H groups in total. The van der Waals surface area contributed by atoms with E-state index in [9.17, 15) is 0 Å². The van der Waals surface area contributed by atoms with Crippen LogP contribution in [0.5, 0.6) is 0 Å². The third-order valence-electron chi connectivity index (χ3n) is 4.82. The summed E-state index contributed by atoms with van der Waals surface area (Å²) in [6.45, 7) is 18.4. The van der Waals surface area contributed by atoms with Gasteiger partial charge >= 0.3 is 0 Å². The van der Waals surface area contributed by atoms with Crippen molar-refractivity contribution in [2.75, 3.05) is 76.9 Å². The lowest BCUT2D eigenvalue weighted by Crippen LogP contribution is -2.16. The van der Waals surface area contributed by atoms with Gasteiger partial charge in [-0.1, -0.05) is 112 Å². The van der Waals surface area contributed by atoms with E-state index in [0.29, 0.717) is 0 Å². The molecule has 0 spiro atoms. The maximum Gasteiger partial charge on any atom is 0.000945 e. The van der Waals surface area contributed by atoms with E-state index in [1.807, 2.05) is 0 Å². The van der Waals surface area contributed by atoms with Crippen molar-refractivity contribution in [2.24, 2.45) is 0 Å². The molecular weight excluding hydrogens is 602 g/mol. The molecule has 2 aromatic rings. The average Bonchev–Trinajstić information content (AvgIpc) is 2.62. The highest BCUT2D eigenvalue weighted by atomic mass is 32.5. The first-order valence-corrected chi connectivity index (χ1v) is 30.1. The lowest BCUT2D eigenvalue weighted by molar-refractivity contribution is 1.67. The van der Waals surface area contributed by atoms with Gasteiger partial charge in [0.05, 0.1) is 0 Å². The Kier molecular flexibility index (Phi) is 12.1. The van der Waals surface area contributed by atoms with Crippen LogP contribution in [-0.4, -0.2) is 76.9 Å². The van der Waals surface area contributed by atoms with E-state index in [1.165, 1.54) is 21.7 Å². The molecule has 34 heavy (non-hydrogen) atoms. The van der Waals surface area contributed by atoms with Gasteiger partial charge in [0.2, 0.25) is 0 Å². The summed E-state index contributed by atoms with van der Waals surface area (Å²) < 4.78 is 0. The molecule has 0 atom stereocenters. The fourth-order valence-electron chi connectivity index (χ4n) is 3.99. The molecule has 0 bridgehead atoms. The standard InChI is InChI=1S/C24H40P6S4/c1-27(2,31)17-25(18-28(3,4)32)23-15-11-9-13-21(23)22-14-10-12-16-24(22)26(19-29(5,6)33)20-30(7,8)34/h9-16H,17-20H2,1-8H3.